The van der Waals surface area contributed by atoms with E-state index in [0.29, 0.717) is 18.6 Å². The Balaban J connectivity index is 1.86. The van der Waals surface area contributed by atoms with Crippen molar-refractivity contribution in [1.29, 1.82) is 0 Å². The molecule has 1 saturated heterocycles. The Morgan fingerprint density at radius 3 is 2.85 bits per heavy atom. The molecule has 1 aromatic heterocycles. The summed E-state index contributed by atoms with van der Waals surface area (Å²) in [4.78, 5) is 13.2. The van der Waals surface area contributed by atoms with Gasteiger partial charge < -0.3 is 4.52 Å². The van der Waals surface area contributed by atoms with Gasteiger partial charge in [-0.1, -0.05) is 5.16 Å². The second-order valence-electron chi connectivity index (χ2n) is 3.29. The first-order valence-electron chi connectivity index (χ1n) is 4.48. The lowest BCUT2D eigenvalue weighted by Gasteiger charge is -2.24. The van der Waals surface area contributed by atoms with Crippen LogP contribution in [0.4, 0.5) is 0 Å². The molecule has 1 aromatic rings. The maximum Gasteiger partial charge on any atom is 0.150 e. The molecule has 0 aliphatic carbocycles. The predicted molar refractivity (Wildman–Crippen MR) is 46.0 cm³/mol. The van der Waals surface area contributed by atoms with Crippen LogP contribution >= 0.6 is 0 Å². The van der Waals surface area contributed by atoms with Crippen molar-refractivity contribution in [2.24, 2.45) is 0 Å². The van der Waals surface area contributed by atoms with Crippen molar-refractivity contribution in [2.75, 3.05) is 13.1 Å². The summed E-state index contributed by atoms with van der Waals surface area (Å²) in [6.45, 7) is 2.46. The number of hydrogen-bond acceptors (Lipinski definition) is 4. The number of likely N-dealkylation sites (tertiary alicyclic amines) is 1. The predicted octanol–water partition coefficient (Wildman–Crippen LogP) is 0.840. The lowest BCUT2D eigenvalue weighted by molar-refractivity contribution is -0.121. The molecule has 0 saturated carbocycles. The van der Waals surface area contributed by atoms with Gasteiger partial charge in [0.1, 0.15) is 5.78 Å². The number of aromatic nitrogens is 1. The van der Waals surface area contributed by atoms with Crippen LogP contribution < -0.4 is 0 Å². The van der Waals surface area contributed by atoms with Crippen molar-refractivity contribution >= 4 is 5.78 Å². The summed E-state index contributed by atoms with van der Waals surface area (Å²) in [5.41, 5.74) is 0. The summed E-state index contributed by atoms with van der Waals surface area (Å²) in [5, 5.41) is 3.63. The van der Waals surface area contributed by atoms with E-state index >= 15 is 0 Å². The zero-order valence-electron chi connectivity index (χ0n) is 7.40. The third-order valence-corrected chi connectivity index (χ3v) is 2.28. The monoisotopic (exact) mass is 180 g/mol. The van der Waals surface area contributed by atoms with E-state index in [4.69, 9.17) is 4.52 Å². The van der Waals surface area contributed by atoms with Gasteiger partial charge in [0.05, 0.1) is 12.7 Å². The molecule has 70 valence electrons. The van der Waals surface area contributed by atoms with Crippen molar-refractivity contribution < 1.29 is 9.32 Å². The Labute approximate surface area is 76.5 Å². The van der Waals surface area contributed by atoms with Gasteiger partial charge >= 0.3 is 0 Å². The second kappa shape index (κ2) is 3.70. The highest BCUT2D eigenvalue weighted by molar-refractivity contribution is 5.79. The average molecular weight is 180 g/mol. The standard InChI is InChI=1S/C9H12N2O2/c12-8-2-5-11(6-3-8)7-9-1-4-10-13-9/h1,4H,2-3,5-7H2. The minimum Gasteiger partial charge on any atom is -0.360 e. The van der Waals surface area contributed by atoms with E-state index < -0.39 is 0 Å². The molecule has 0 aromatic carbocycles. The number of nitrogens with zero attached hydrogens (tertiary/aromatic N) is 2. The van der Waals surface area contributed by atoms with Crippen LogP contribution in [0, 0.1) is 0 Å². The van der Waals surface area contributed by atoms with E-state index in [1.54, 1.807) is 6.20 Å². The number of carbonyl (C=O) groups is 1. The summed E-state index contributed by atoms with van der Waals surface area (Å²) >= 11 is 0. The quantitative estimate of drug-likeness (QED) is 0.676. The zero-order chi connectivity index (χ0) is 9.10. The molecule has 0 atom stereocenters. The molecule has 0 spiro atoms. The van der Waals surface area contributed by atoms with Gasteiger partial charge in [-0.15, -0.1) is 0 Å². The fourth-order valence-electron chi connectivity index (χ4n) is 1.50. The summed E-state index contributed by atoms with van der Waals surface area (Å²) < 4.78 is 4.99. The minimum absolute atomic E-state index is 0.369. The molecule has 0 bridgehead atoms. The highest BCUT2D eigenvalue weighted by atomic mass is 16.5. The molecule has 1 aliphatic heterocycles. The molecule has 0 N–H and O–H groups in total. The van der Waals surface area contributed by atoms with Crippen molar-refractivity contribution in [3.63, 3.8) is 0 Å². The third-order valence-electron chi connectivity index (χ3n) is 2.28. The number of rotatable bonds is 2. The van der Waals surface area contributed by atoms with E-state index in [2.05, 4.69) is 10.1 Å². The molecule has 1 fully saturated rings. The Morgan fingerprint density at radius 2 is 2.23 bits per heavy atom. The van der Waals surface area contributed by atoms with E-state index in [1.165, 1.54) is 0 Å². The van der Waals surface area contributed by atoms with Gasteiger partial charge in [0, 0.05) is 32.0 Å². The van der Waals surface area contributed by atoms with Crippen LogP contribution in [0.2, 0.25) is 0 Å². The SMILES string of the molecule is O=C1CCN(Cc2ccno2)CC1. The molecular weight excluding hydrogens is 168 g/mol. The number of piperidine rings is 1. The first kappa shape index (κ1) is 8.44. The lowest BCUT2D eigenvalue weighted by atomic mass is 10.1. The van der Waals surface area contributed by atoms with Crippen LogP contribution in [-0.2, 0) is 11.3 Å². The zero-order valence-corrected chi connectivity index (χ0v) is 7.40. The van der Waals surface area contributed by atoms with Crippen LogP contribution in [0.1, 0.15) is 18.6 Å². The van der Waals surface area contributed by atoms with Crippen molar-refractivity contribution in [3.05, 3.63) is 18.0 Å². The number of ketones is 1. The van der Waals surface area contributed by atoms with Gasteiger partial charge in [0.2, 0.25) is 0 Å². The Morgan fingerprint density at radius 1 is 1.46 bits per heavy atom. The van der Waals surface area contributed by atoms with Crippen molar-refractivity contribution in [3.8, 4) is 0 Å². The molecule has 2 heterocycles. The highest BCUT2D eigenvalue weighted by Gasteiger charge is 2.16. The summed E-state index contributed by atoms with van der Waals surface area (Å²) in [6.07, 6.45) is 2.99. The van der Waals surface area contributed by atoms with Crippen LogP contribution in [0.5, 0.6) is 0 Å². The molecular formula is C9H12N2O2. The van der Waals surface area contributed by atoms with Crippen molar-refractivity contribution in [1.82, 2.24) is 10.1 Å². The lowest BCUT2D eigenvalue weighted by Crippen LogP contribution is -2.33. The highest BCUT2D eigenvalue weighted by Crippen LogP contribution is 2.09. The molecule has 1 aliphatic rings. The van der Waals surface area contributed by atoms with E-state index in [9.17, 15) is 4.79 Å². The van der Waals surface area contributed by atoms with Crippen LogP contribution in [0.15, 0.2) is 16.8 Å². The molecule has 4 heteroatoms. The van der Waals surface area contributed by atoms with Crippen LogP contribution in [-0.4, -0.2) is 28.9 Å². The molecule has 2 rings (SSSR count). The van der Waals surface area contributed by atoms with Gasteiger partial charge in [-0.05, 0) is 0 Å². The van der Waals surface area contributed by atoms with E-state index in [0.717, 1.165) is 25.4 Å². The van der Waals surface area contributed by atoms with Gasteiger partial charge in [-0.2, -0.15) is 0 Å². The minimum atomic E-state index is 0.369. The van der Waals surface area contributed by atoms with Crippen LogP contribution in [0.25, 0.3) is 0 Å². The first-order valence-corrected chi connectivity index (χ1v) is 4.48. The number of Topliss-reactive ketones (excluding diaryl/α,β-unsaturated/α-hetero) is 1. The fraction of sp³-hybridized carbons (Fsp3) is 0.556. The normalized spacial score (nSPS) is 19.2. The average Bonchev–Trinajstić information content (AvgIpc) is 2.62. The maximum absolute atomic E-state index is 10.9. The molecule has 0 amide bonds. The molecule has 0 unspecified atom stereocenters. The summed E-state index contributed by atoms with van der Waals surface area (Å²) in [6, 6.07) is 1.86. The Hall–Kier alpha value is -1.16. The summed E-state index contributed by atoms with van der Waals surface area (Å²) in [7, 11) is 0. The van der Waals surface area contributed by atoms with Crippen molar-refractivity contribution in [2.45, 2.75) is 19.4 Å². The topological polar surface area (TPSA) is 46.3 Å². The second-order valence-corrected chi connectivity index (χ2v) is 3.29. The molecule has 0 radical (unpaired) electrons. The molecule has 13 heavy (non-hydrogen) atoms. The Bertz CT molecular complexity index is 272. The fourth-order valence-corrected chi connectivity index (χ4v) is 1.50. The van der Waals surface area contributed by atoms with E-state index in [-0.39, 0.29) is 0 Å². The summed E-state index contributed by atoms with van der Waals surface area (Å²) in [5.74, 6) is 1.24. The third kappa shape index (κ3) is 2.15. The van der Waals surface area contributed by atoms with E-state index in [1.807, 2.05) is 6.07 Å². The maximum atomic E-state index is 10.9. The van der Waals surface area contributed by atoms with Gasteiger partial charge in [0.25, 0.3) is 0 Å². The first-order chi connectivity index (χ1) is 6.34. The van der Waals surface area contributed by atoms with Gasteiger partial charge in [-0.3, -0.25) is 9.69 Å². The van der Waals surface area contributed by atoms with Gasteiger partial charge in [-0.25, -0.2) is 0 Å². The Kier molecular flexibility index (Phi) is 2.40. The number of carbonyl (C=O) groups excluding carboxylic acids is 1. The van der Waals surface area contributed by atoms with Gasteiger partial charge in [0.15, 0.2) is 5.76 Å². The largest absolute Gasteiger partial charge is 0.360 e. The van der Waals surface area contributed by atoms with Crippen LogP contribution in [0.3, 0.4) is 0 Å². The molecule has 4 nitrogen and oxygen atoms in total. The number of hydrogen-bond donors (Lipinski definition) is 0. The smallest absolute Gasteiger partial charge is 0.150 e.